The van der Waals surface area contributed by atoms with Crippen LogP contribution in [0.5, 0.6) is 5.75 Å². The molecule has 4 aromatic rings. The number of aromatic nitrogens is 3. The summed E-state index contributed by atoms with van der Waals surface area (Å²) in [6.07, 6.45) is 10.9. The number of anilines is 2. The maximum Gasteiger partial charge on any atom is 0.258 e. The lowest BCUT2D eigenvalue weighted by atomic mass is 9.80. The van der Waals surface area contributed by atoms with Crippen molar-refractivity contribution in [3.05, 3.63) is 70.6 Å². The minimum absolute atomic E-state index is 0.0359. The summed E-state index contributed by atoms with van der Waals surface area (Å²) in [5.74, 6) is -0.0255. The van der Waals surface area contributed by atoms with Gasteiger partial charge in [-0.25, -0.2) is 19.3 Å². The van der Waals surface area contributed by atoms with Crippen LogP contribution in [0.2, 0.25) is 5.02 Å². The Labute approximate surface area is 436 Å². The number of aryl methyl sites for hydroxylation is 1. The number of likely N-dealkylation sites (tertiary alicyclic amines) is 2. The molecule has 0 unspecified atom stereocenters. The van der Waals surface area contributed by atoms with E-state index in [1.807, 2.05) is 75.8 Å². The first-order valence-electron chi connectivity index (χ1n) is 25.4. The number of alkyl halides is 1. The van der Waals surface area contributed by atoms with E-state index < -0.39 is 29.1 Å². The van der Waals surface area contributed by atoms with Crippen molar-refractivity contribution in [1.82, 2.24) is 35.4 Å². The fourth-order valence-corrected chi connectivity index (χ4v) is 11.4. The van der Waals surface area contributed by atoms with Crippen LogP contribution in [0, 0.1) is 23.7 Å². The first-order chi connectivity index (χ1) is 34.4. The van der Waals surface area contributed by atoms with Crippen LogP contribution in [0.3, 0.4) is 0 Å². The average molecular weight is 1050 g/mol. The number of hydrogen-bond donors (Lipinski definition) is 4. The lowest BCUT2D eigenvalue weighted by Gasteiger charge is -2.39. The van der Waals surface area contributed by atoms with Crippen LogP contribution in [-0.2, 0) is 25.7 Å². The van der Waals surface area contributed by atoms with E-state index in [1.54, 1.807) is 17.5 Å². The number of amides is 4. The minimum atomic E-state index is -1.91. The molecule has 15 nitrogen and oxygen atoms in total. The molecule has 2 aromatic heterocycles. The smallest absolute Gasteiger partial charge is 0.258 e. The van der Waals surface area contributed by atoms with E-state index in [1.165, 1.54) is 16.7 Å². The Kier molecular flexibility index (Phi) is 17.2. The predicted molar refractivity (Wildman–Crippen MR) is 282 cm³/mol. The average Bonchev–Trinajstić information content (AvgIpc) is 3.67. The molecule has 0 bridgehead atoms. The van der Waals surface area contributed by atoms with Crippen LogP contribution >= 0.6 is 34.7 Å². The van der Waals surface area contributed by atoms with Gasteiger partial charge in [0.25, 0.3) is 5.91 Å². The van der Waals surface area contributed by atoms with Gasteiger partial charge in [-0.15, -0.1) is 11.3 Å². The summed E-state index contributed by atoms with van der Waals surface area (Å²) < 4.78 is 21.1. The molecule has 19 heteroatoms. The molecule has 1 saturated carbocycles. The van der Waals surface area contributed by atoms with Gasteiger partial charge in [-0.05, 0) is 106 Å². The highest BCUT2D eigenvalue weighted by Gasteiger charge is 2.53. The number of piperidine rings is 1. The second kappa shape index (κ2) is 23.1. The number of rotatable bonds is 21. The normalized spacial score (nSPS) is 19.1. The van der Waals surface area contributed by atoms with Gasteiger partial charge in [0.15, 0.2) is 5.67 Å². The molecule has 5 heterocycles. The molecule has 388 valence electrons. The van der Waals surface area contributed by atoms with E-state index in [9.17, 15) is 23.6 Å². The SMILES string of the molecule is Cc1ncsc1-c1ccc(CNC(=O)[C@@H]2CCCN2C(=O)[C@@H](NC(=O)C2(F)CC2)C(C)(C)C)c(OCCCCCCN2CC(C(=O)Nc3cccc(Sc4cnc(N5CCC(C)(CN)CC5)cn4)c3Cl)C2)c1. The topological polar surface area (TPSA) is 188 Å². The molecule has 8 rings (SSSR count). The van der Waals surface area contributed by atoms with Crippen LogP contribution in [0.1, 0.15) is 103 Å². The fraction of sp³-hybridized carbons (Fsp3) is 0.566. The molecule has 1 aliphatic carbocycles. The highest BCUT2D eigenvalue weighted by atomic mass is 35.5. The molecule has 3 saturated heterocycles. The molecule has 4 fully saturated rings. The molecule has 2 aromatic carbocycles. The second-order valence-electron chi connectivity index (χ2n) is 21.4. The van der Waals surface area contributed by atoms with Crippen LogP contribution in [0.4, 0.5) is 15.9 Å². The summed E-state index contributed by atoms with van der Waals surface area (Å²) in [7, 11) is 0. The van der Waals surface area contributed by atoms with Gasteiger partial charge in [0.05, 0.1) is 51.7 Å². The zero-order chi connectivity index (χ0) is 51.2. The van der Waals surface area contributed by atoms with E-state index in [4.69, 9.17) is 22.1 Å². The first kappa shape index (κ1) is 53.4. The predicted octanol–water partition coefficient (Wildman–Crippen LogP) is 8.43. The van der Waals surface area contributed by atoms with Gasteiger partial charge in [-0.2, -0.15) is 0 Å². The Bertz CT molecular complexity index is 2560. The van der Waals surface area contributed by atoms with Crippen molar-refractivity contribution in [2.75, 3.05) is 62.6 Å². The lowest BCUT2D eigenvalue weighted by molar-refractivity contribution is -0.144. The number of nitrogens with two attached hydrogens (primary N) is 1. The van der Waals surface area contributed by atoms with Crippen LogP contribution in [0.15, 0.2) is 64.2 Å². The first-order valence-corrected chi connectivity index (χ1v) is 27.5. The Morgan fingerprint density at radius 3 is 2.43 bits per heavy atom. The van der Waals surface area contributed by atoms with E-state index in [-0.39, 0.29) is 48.4 Å². The van der Waals surface area contributed by atoms with E-state index in [0.717, 1.165) is 95.6 Å². The molecular formula is C53H70ClFN10O5S2. The Morgan fingerprint density at radius 1 is 0.986 bits per heavy atom. The molecule has 0 radical (unpaired) electrons. The molecule has 0 spiro atoms. The van der Waals surface area contributed by atoms with Gasteiger partial charge in [-0.1, -0.05) is 82.1 Å². The van der Waals surface area contributed by atoms with Gasteiger partial charge in [0.1, 0.15) is 28.7 Å². The van der Waals surface area contributed by atoms with Crippen molar-refractivity contribution < 1.29 is 28.3 Å². The van der Waals surface area contributed by atoms with Crippen molar-refractivity contribution in [3.63, 3.8) is 0 Å². The summed E-state index contributed by atoms with van der Waals surface area (Å²) >= 11 is 9.80. The standard InChI is InChI=1S/C53H70ClFN10O5S2/c1-34-45(71-33-60-34)35-15-16-36(27-59-48(67)39-13-11-22-65(39)49(68)46(51(2,3)4)62-50(69)53(55)17-18-53)40(26-35)70-25-9-7-6-8-21-63-30-37(31-63)47(66)61-38-12-10-14-41(44(38)54)72-43-29-57-42(28-58-43)64-23-19-52(5,32-56)20-24-64/h10,12,14-16,26,28-29,33,37,39,46H,6-9,11,13,17-25,27,30-32,56H2,1-5H3,(H,59,67)(H,61,66)(H,62,69)/t39-,46+/m0/s1. The Morgan fingerprint density at radius 2 is 1.75 bits per heavy atom. The third kappa shape index (κ3) is 13.1. The lowest BCUT2D eigenvalue weighted by Crippen LogP contribution is -2.58. The molecule has 3 aliphatic heterocycles. The number of carbonyl (C=O) groups excluding carboxylic acids is 4. The number of nitrogens with one attached hydrogen (secondary N) is 3. The van der Waals surface area contributed by atoms with E-state index in [0.29, 0.717) is 62.1 Å². The Balaban J connectivity index is 0.761. The van der Waals surface area contributed by atoms with Gasteiger partial charge in [-0.3, -0.25) is 19.2 Å². The number of halogens is 2. The van der Waals surface area contributed by atoms with Crippen LogP contribution < -0.4 is 31.3 Å². The summed E-state index contributed by atoms with van der Waals surface area (Å²) in [6.45, 7) is 15.6. The number of hydrogen-bond acceptors (Lipinski definition) is 13. The minimum Gasteiger partial charge on any atom is -0.493 e. The monoisotopic (exact) mass is 1040 g/mol. The molecule has 5 N–H and O–H groups in total. The zero-order valence-electron chi connectivity index (χ0n) is 42.2. The van der Waals surface area contributed by atoms with Crippen LogP contribution in [0.25, 0.3) is 10.4 Å². The van der Waals surface area contributed by atoms with Gasteiger partial charge >= 0.3 is 0 Å². The number of carbonyl (C=O) groups is 4. The van der Waals surface area contributed by atoms with Gasteiger partial charge in [0, 0.05) is 49.7 Å². The summed E-state index contributed by atoms with van der Waals surface area (Å²) in [4.78, 5) is 75.4. The highest BCUT2D eigenvalue weighted by molar-refractivity contribution is 7.99. The second-order valence-corrected chi connectivity index (χ2v) is 23.7. The molecule has 72 heavy (non-hydrogen) atoms. The summed E-state index contributed by atoms with van der Waals surface area (Å²) in [6, 6.07) is 9.94. The number of benzene rings is 2. The van der Waals surface area contributed by atoms with Crippen molar-refractivity contribution in [1.29, 1.82) is 0 Å². The van der Waals surface area contributed by atoms with Crippen molar-refractivity contribution >= 4 is 69.8 Å². The molecule has 4 amide bonds. The molecule has 4 aliphatic rings. The van der Waals surface area contributed by atoms with Crippen LogP contribution in [-0.4, -0.2) is 119 Å². The third-order valence-electron chi connectivity index (χ3n) is 14.6. The van der Waals surface area contributed by atoms with Crippen molar-refractivity contribution in [2.24, 2.45) is 22.5 Å². The Hall–Kier alpha value is -4.88. The van der Waals surface area contributed by atoms with E-state index >= 15 is 0 Å². The zero-order valence-corrected chi connectivity index (χ0v) is 44.6. The third-order valence-corrected chi connectivity index (χ3v) is 17.1. The van der Waals surface area contributed by atoms with E-state index in [2.05, 4.69) is 47.6 Å². The number of nitrogens with zero attached hydrogens (tertiary/aromatic N) is 6. The number of thiazole rings is 1. The van der Waals surface area contributed by atoms with Crippen molar-refractivity contribution in [3.8, 4) is 16.2 Å². The van der Waals surface area contributed by atoms with Gasteiger partial charge < -0.3 is 41.1 Å². The quantitative estimate of drug-likeness (QED) is 0.0585. The fourth-order valence-electron chi connectivity index (χ4n) is 9.50. The molecule has 2 atom stereocenters. The largest absolute Gasteiger partial charge is 0.493 e. The number of ether oxygens (including phenoxy) is 1. The number of unbranched alkanes of at least 4 members (excludes halogenated alkanes) is 3. The maximum absolute atomic E-state index is 14.6. The summed E-state index contributed by atoms with van der Waals surface area (Å²) in [5.41, 5.74) is 8.70. The maximum atomic E-state index is 14.6. The summed E-state index contributed by atoms with van der Waals surface area (Å²) in [5, 5.41) is 10.00. The van der Waals surface area contributed by atoms with Crippen molar-refractivity contribution in [2.45, 2.75) is 133 Å². The highest BCUT2D eigenvalue weighted by Crippen LogP contribution is 2.41. The van der Waals surface area contributed by atoms with Gasteiger partial charge in [0.2, 0.25) is 17.7 Å². The molecular weight excluding hydrogens is 975 g/mol.